The van der Waals surface area contributed by atoms with Crippen LogP contribution in [-0.4, -0.2) is 5.91 Å². The molecule has 3 rings (SSSR count). The number of halogens is 2. The van der Waals surface area contributed by atoms with E-state index in [2.05, 4.69) is 5.32 Å². The minimum absolute atomic E-state index is 0.133. The number of nitrogens with two attached hydrogens (primary N) is 1. The van der Waals surface area contributed by atoms with Crippen molar-refractivity contribution in [1.29, 1.82) is 0 Å². The van der Waals surface area contributed by atoms with Crippen LogP contribution in [0.3, 0.4) is 0 Å². The lowest BCUT2D eigenvalue weighted by atomic mass is 9.87. The topological polar surface area (TPSA) is 55.1 Å². The Balaban J connectivity index is 1.86. The van der Waals surface area contributed by atoms with E-state index in [9.17, 15) is 13.6 Å². The van der Waals surface area contributed by atoms with Gasteiger partial charge in [-0.25, -0.2) is 8.78 Å². The predicted octanol–water partition coefficient (Wildman–Crippen LogP) is 3.66. The van der Waals surface area contributed by atoms with E-state index in [1.165, 1.54) is 13.0 Å². The minimum Gasteiger partial charge on any atom is -0.399 e. The fourth-order valence-corrected chi connectivity index (χ4v) is 3.05. The fraction of sp³-hybridized carbons (Fsp3) is 0.278. The molecule has 0 fully saturated rings. The molecule has 1 unspecified atom stereocenters. The molecule has 0 aliphatic heterocycles. The molecule has 3 N–H and O–H groups in total. The van der Waals surface area contributed by atoms with Crippen molar-refractivity contribution in [1.82, 2.24) is 5.32 Å². The highest BCUT2D eigenvalue weighted by Crippen LogP contribution is 2.31. The number of anilines is 1. The number of amides is 1. The standard InChI is InChI=1S/C18H18F2N2O/c1-10-7-14(16(20)9-15(10)19)18(23)22-17-4-2-3-11-8-12(21)5-6-13(11)17/h5-9,17H,2-4,21H2,1H3,(H,22,23). The molecule has 2 aromatic carbocycles. The highest BCUT2D eigenvalue weighted by Gasteiger charge is 2.24. The Morgan fingerprint density at radius 3 is 2.78 bits per heavy atom. The number of hydrogen-bond donors (Lipinski definition) is 2. The second kappa shape index (κ2) is 5.99. The van der Waals surface area contributed by atoms with Gasteiger partial charge < -0.3 is 11.1 Å². The third kappa shape index (κ3) is 3.04. The molecule has 0 saturated heterocycles. The second-order valence-electron chi connectivity index (χ2n) is 5.96. The van der Waals surface area contributed by atoms with Crippen molar-refractivity contribution in [2.24, 2.45) is 0 Å². The van der Waals surface area contributed by atoms with Gasteiger partial charge >= 0.3 is 0 Å². The highest BCUT2D eigenvalue weighted by atomic mass is 19.1. The zero-order valence-electron chi connectivity index (χ0n) is 12.8. The Morgan fingerprint density at radius 2 is 2.00 bits per heavy atom. The van der Waals surface area contributed by atoms with Gasteiger partial charge in [0.15, 0.2) is 0 Å². The van der Waals surface area contributed by atoms with Gasteiger partial charge in [-0.1, -0.05) is 6.07 Å². The lowest BCUT2D eigenvalue weighted by molar-refractivity contribution is 0.0928. The molecule has 5 heteroatoms. The number of rotatable bonds is 2. The number of aryl methyl sites for hydroxylation is 2. The van der Waals surface area contributed by atoms with Gasteiger partial charge in [-0.3, -0.25) is 4.79 Å². The van der Waals surface area contributed by atoms with Gasteiger partial charge in [-0.2, -0.15) is 0 Å². The molecule has 2 aromatic rings. The number of nitrogens with one attached hydrogen (secondary N) is 1. The zero-order valence-corrected chi connectivity index (χ0v) is 12.8. The number of carbonyl (C=O) groups excluding carboxylic acids is 1. The molecule has 0 spiro atoms. The van der Waals surface area contributed by atoms with Gasteiger partial charge in [0.25, 0.3) is 5.91 Å². The van der Waals surface area contributed by atoms with Gasteiger partial charge in [0.1, 0.15) is 11.6 Å². The molecule has 23 heavy (non-hydrogen) atoms. The van der Waals surface area contributed by atoms with E-state index in [1.807, 2.05) is 12.1 Å². The molecule has 1 aliphatic rings. The van der Waals surface area contributed by atoms with Crippen molar-refractivity contribution < 1.29 is 13.6 Å². The van der Waals surface area contributed by atoms with Crippen molar-refractivity contribution in [2.45, 2.75) is 32.2 Å². The summed E-state index contributed by atoms with van der Waals surface area (Å²) < 4.78 is 27.2. The Labute approximate surface area is 133 Å². The normalized spacial score (nSPS) is 16.7. The van der Waals surface area contributed by atoms with Gasteiger partial charge in [-0.05, 0) is 61.1 Å². The quantitative estimate of drug-likeness (QED) is 0.831. The average Bonchev–Trinajstić information content (AvgIpc) is 2.50. The zero-order chi connectivity index (χ0) is 16.6. The van der Waals surface area contributed by atoms with Crippen LogP contribution in [0.4, 0.5) is 14.5 Å². The Bertz CT molecular complexity index is 774. The maximum absolute atomic E-state index is 13.9. The molecular formula is C18H18F2N2O. The van der Waals surface area contributed by atoms with E-state index >= 15 is 0 Å². The van der Waals surface area contributed by atoms with E-state index in [0.29, 0.717) is 5.69 Å². The third-order valence-corrected chi connectivity index (χ3v) is 4.28. The summed E-state index contributed by atoms with van der Waals surface area (Å²) in [4.78, 5) is 12.4. The SMILES string of the molecule is Cc1cc(C(=O)NC2CCCc3cc(N)ccc32)c(F)cc1F. The first kappa shape index (κ1) is 15.5. The molecule has 0 aromatic heterocycles. The molecule has 1 aliphatic carbocycles. The summed E-state index contributed by atoms with van der Waals surface area (Å²) in [6.45, 7) is 1.50. The van der Waals surface area contributed by atoms with Crippen molar-refractivity contribution in [3.63, 3.8) is 0 Å². The summed E-state index contributed by atoms with van der Waals surface area (Å²) in [7, 11) is 0. The monoisotopic (exact) mass is 316 g/mol. The van der Waals surface area contributed by atoms with Crippen LogP contribution in [0.5, 0.6) is 0 Å². The lowest BCUT2D eigenvalue weighted by Gasteiger charge is -2.26. The first-order valence-corrected chi connectivity index (χ1v) is 7.60. The van der Waals surface area contributed by atoms with E-state index in [1.54, 1.807) is 6.07 Å². The van der Waals surface area contributed by atoms with Gasteiger partial charge in [0, 0.05) is 11.8 Å². The van der Waals surface area contributed by atoms with Crippen LogP contribution in [0.15, 0.2) is 30.3 Å². The van der Waals surface area contributed by atoms with Gasteiger partial charge in [0.05, 0.1) is 11.6 Å². The molecule has 1 amide bonds. The van der Waals surface area contributed by atoms with Crippen LogP contribution >= 0.6 is 0 Å². The fourth-order valence-electron chi connectivity index (χ4n) is 3.05. The number of carbonyl (C=O) groups is 1. The molecule has 0 radical (unpaired) electrons. The minimum atomic E-state index is -0.848. The van der Waals surface area contributed by atoms with E-state index < -0.39 is 17.5 Å². The summed E-state index contributed by atoms with van der Waals surface area (Å²) in [5.74, 6) is -2.03. The van der Waals surface area contributed by atoms with Crippen LogP contribution in [0.2, 0.25) is 0 Å². The molecule has 0 bridgehead atoms. The number of fused-ring (bicyclic) bond motifs is 1. The van der Waals surface area contributed by atoms with Gasteiger partial charge in [0.2, 0.25) is 0 Å². The third-order valence-electron chi connectivity index (χ3n) is 4.28. The average molecular weight is 316 g/mol. The van der Waals surface area contributed by atoms with Crippen molar-refractivity contribution >= 4 is 11.6 Å². The highest BCUT2D eigenvalue weighted by molar-refractivity contribution is 5.95. The maximum Gasteiger partial charge on any atom is 0.254 e. The Kier molecular flexibility index (Phi) is 4.03. The largest absolute Gasteiger partial charge is 0.399 e. The van der Waals surface area contributed by atoms with Crippen molar-refractivity contribution in [3.05, 3.63) is 64.2 Å². The molecule has 0 heterocycles. The summed E-state index contributed by atoms with van der Waals surface area (Å²) in [5, 5.41) is 2.86. The summed E-state index contributed by atoms with van der Waals surface area (Å²) in [6.07, 6.45) is 2.62. The molecule has 3 nitrogen and oxygen atoms in total. The molecule has 0 saturated carbocycles. The van der Waals surface area contributed by atoms with Crippen LogP contribution in [0, 0.1) is 18.6 Å². The first-order chi connectivity index (χ1) is 11.0. The smallest absolute Gasteiger partial charge is 0.254 e. The molecule has 120 valence electrons. The predicted molar refractivity (Wildman–Crippen MR) is 85.1 cm³/mol. The number of hydrogen-bond acceptors (Lipinski definition) is 2. The van der Waals surface area contributed by atoms with Gasteiger partial charge in [-0.15, -0.1) is 0 Å². The summed E-state index contributed by atoms with van der Waals surface area (Å²) in [5.41, 5.74) is 8.72. The lowest BCUT2D eigenvalue weighted by Crippen LogP contribution is -2.31. The van der Waals surface area contributed by atoms with Crippen LogP contribution in [0.25, 0.3) is 0 Å². The summed E-state index contributed by atoms with van der Waals surface area (Å²) in [6, 6.07) is 7.42. The molecule has 1 atom stereocenters. The number of benzene rings is 2. The summed E-state index contributed by atoms with van der Waals surface area (Å²) >= 11 is 0. The maximum atomic E-state index is 13.9. The van der Waals surface area contributed by atoms with Crippen molar-refractivity contribution in [3.8, 4) is 0 Å². The van der Waals surface area contributed by atoms with Crippen LogP contribution in [0.1, 0.15) is 45.9 Å². The van der Waals surface area contributed by atoms with E-state index in [-0.39, 0.29) is 17.2 Å². The second-order valence-corrected chi connectivity index (χ2v) is 5.96. The Hall–Kier alpha value is -2.43. The Morgan fingerprint density at radius 1 is 1.22 bits per heavy atom. The molecular weight excluding hydrogens is 298 g/mol. The van der Waals surface area contributed by atoms with E-state index in [4.69, 9.17) is 5.73 Å². The van der Waals surface area contributed by atoms with E-state index in [0.717, 1.165) is 36.5 Å². The van der Waals surface area contributed by atoms with Crippen LogP contribution in [-0.2, 0) is 6.42 Å². The van der Waals surface area contributed by atoms with Crippen LogP contribution < -0.4 is 11.1 Å². The first-order valence-electron chi connectivity index (χ1n) is 7.60. The number of nitrogen functional groups attached to an aromatic ring is 1. The van der Waals surface area contributed by atoms with Crippen molar-refractivity contribution in [2.75, 3.05) is 5.73 Å².